The molecule has 0 N–H and O–H groups in total. The first kappa shape index (κ1) is 16.6. The molecule has 0 aromatic heterocycles. The van der Waals surface area contributed by atoms with Gasteiger partial charge in [0, 0.05) is 25.6 Å². The summed E-state index contributed by atoms with van der Waals surface area (Å²) >= 11 is 0. The van der Waals surface area contributed by atoms with Gasteiger partial charge in [-0.15, -0.1) is 0 Å². The van der Waals surface area contributed by atoms with Gasteiger partial charge in [0.15, 0.2) is 0 Å². The molecule has 2 heterocycles. The summed E-state index contributed by atoms with van der Waals surface area (Å²) in [5.74, 6) is 0.673. The average Bonchev–Trinajstić information content (AvgIpc) is 2.69. The number of likely N-dealkylation sites (tertiary alicyclic amines) is 2. The first-order valence-corrected chi connectivity index (χ1v) is 9.79. The fourth-order valence-corrected chi connectivity index (χ4v) is 4.38. The van der Waals surface area contributed by atoms with Gasteiger partial charge in [0.05, 0.1) is 0 Å². The van der Waals surface area contributed by atoms with Crippen LogP contribution < -0.4 is 0 Å². The molecule has 3 heteroatoms. The number of piperidine rings is 2. The van der Waals surface area contributed by atoms with Crippen LogP contribution in [0.4, 0.5) is 0 Å². The average molecular weight is 336 g/mol. The van der Waals surface area contributed by atoms with E-state index in [1.807, 2.05) is 0 Å². The minimum Gasteiger partial charge on any atom is -0.342 e. The molecule has 2 aromatic rings. The largest absolute Gasteiger partial charge is 0.342 e. The van der Waals surface area contributed by atoms with Crippen LogP contribution in [-0.4, -0.2) is 41.9 Å². The van der Waals surface area contributed by atoms with Crippen LogP contribution in [0.25, 0.3) is 10.8 Å². The maximum Gasteiger partial charge on any atom is 0.225 e. The summed E-state index contributed by atoms with van der Waals surface area (Å²) in [6.45, 7) is 5.02. The molecule has 25 heavy (non-hydrogen) atoms. The Hall–Kier alpha value is -1.87. The third kappa shape index (κ3) is 3.72. The second kappa shape index (κ2) is 7.57. The third-order valence-corrected chi connectivity index (χ3v) is 5.88. The highest BCUT2D eigenvalue weighted by Gasteiger charge is 2.29. The number of rotatable bonds is 3. The van der Waals surface area contributed by atoms with Gasteiger partial charge in [-0.05, 0) is 61.5 Å². The van der Waals surface area contributed by atoms with Gasteiger partial charge in [0.25, 0.3) is 0 Å². The van der Waals surface area contributed by atoms with Crippen molar-refractivity contribution >= 4 is 16.7 Å². The lowest BCUT2D eigenvalue weighted by atomic mass is 9.93. The van der Waals surface area contributed by atoms with Crippen LogP contribution >= 0.6 is 0 Å². The monoisotopic (exact) mass is 336 g/mol. The number of amides is 1. The summed E-state index contributed by atoms with van der Waals surface area (Å²) in [5, 5.41) is 2.67. The van der Waals surface area contributed by atoms with Crippen molar-refractivity contribution in [2.45, 2.75) is 38.6 Å². The molecule has 2 aliphatic heterocycles. The Morgan fingerprint density at radius 1 is 0.880 bits per heavy atom. The summed E-state index contributed by atoms with van der Waals surface area (Å²) in [5.41, 5.74) is 1.40. The minimum absolute atomic E-state index is 0.252. The molecule has 0 radical (unpaired) electrons. The Morgan fingerprint density at radius 2 is 1.60 bits per heavy atom. The van der Waals surface area contributed by atoms with Crippen LogP contribution in [0.15, 0.2) is 42.5 Å². The Balaban J connectivity index is 1.36. The van der Waals surface area contributed by atoms with Gasteiger partial charge in [0.2, 0.25) is 5.91 Å². The van der Waals surface area contributed by atoms with Gasteiger partial charge in [-0.3, -0.25) is 9.69 Å². The molecule has 2 fully saturated rings. The Morgan fingerprint density at radius 3 is 2.40 bits per heavy atom. The van der Waals surface area contributed by atoms with Crippen LogP contribution in [0.1, 0.15) is 37.7 Å². The summed E-state index contributed by atoms with van der Waals surface area (Å²) < 4.78 is 0. The Bertz CT molecular complexity index is 722. The molecule has 4 rings (SSSR count). The zero-order chi connectivity index (χ0) is 17.1. The molecular formula is C22H28N2O. The molecule has 0 aliphatic carbocycles. The summed E-state index contributed by atoms with van der Waals surface area (Å²) in [6.07, 6.45) is 5.69. The molecule has 0 unspecified atom stereocenters. The number of carbonyl (C=O) groups excluding carboxylic acids is 1. The lowest BCUT2D eigenvalue weighted by molar-refractivity contribution is -0.138. The zero-order valence-corrected chi connectivity index (χ0v) is 15.0. The lowest BCUT2D eigenvalue weighted by Crippen LogP contribution is -2.44. The fraction of sp³-hybridized carbons (Fsp3) is 0.500. The van der Waals surface area contributed by atoms with Crippen LogP contribution in [0.2, 0.25) is 0 Å². The van der Waals surface area contributed by atoms with Gasteiger partial charge in [-0.25, -0.2) is 0 Å². The second-order valence-electron chi connectivity index (χ2n) is 7.57. The second-order valence-corrected chi connectivity index (χ2v) is 7.57. The molecule has 2 aliphatic rings. The van der Waals surface area contributed by atoms with E-state index in [2.05, 4.69) is 52.3 Å². The standard InChI is InChI=1S/C22H28N2O/c25-22(24-13-4-1-5-14-24)19-11-15-23(16-12-19)17-20-9-6-8-18-7-2-3-10-21(18)20/h2-3,6-10,19H,1,4-5,11-17H2. The molecule has 0 atom stereocenters. The summed E-state index contributed by atoms with van der Waals surface area (Å²) in [6, 6.07) is 15.2. The van der Waals surface area contributed by atoms with Crippen molar-refractivity contribution in [3.05, 3.63) is 48.0 Å². The third-order valence-electron chi connectivity index (χ3n) is 5.88. The first-order valence-electron chi connectivity index (χ1n) is 9.79. The highest BCUT2D eigenvalue weighted by Crippen LogP contribution is 2.25. The fourth-order valence-electron chi connectivity index (χ4n) is 4.38. The zero-order valence-electron chi connectivity index (χ0n) is 15.0. The normalized spacial score (nSPS) is 20.1. The number of nitrogens with zero attached hydrogens (tertiary/aromatic N) is 2. The molecule has 3 nitrogen and oxygen atoms in total. The van der Waals surface area contributed by atoms with E-state index in [9.17, 15) is 4.79 Å². The number of fused-ring (bicyclic) bond motifs is 1. The van der Waals surface area contributed by atoms with Gasteiger partial charge in [-0.1, -0.05) is 42.5 Å². The van der Waals surface area contributed by atoms with Crippen molar-refractivity contribution in [3.8, 4) is 0 Å². The lowest BCUT2D eigenvalue weighted by Gasteiger charge is -2.35. The van der Waals surface area contributed by atoms with E-state index in [1.54, 1.807) is 0 Å². The van der Waals surface area contributed by atoms with Crippen molar-refractivity contribution < 1.29 is 4.79 Å². The van der Waals surface area contributed by atoms with Crippen molar-refractivity contribution in [1.82, 2.24) is 9.80 Å². The quantitative estimate of drug-likeness (QED) is 0.844. The molecule has 2 aromatic carbocycles. The Kier molecular flexibility index (Phi) is 5.02. The van der Waals surface area contributed by atoms with Gasteiger partial charge < -0.3 is 4.90 Å². The summed E-state index contributed by atoms with van der Waals surface area (Å²) in [4.78, 5) is 17.3. The van der Waals surface area contributed by atoms with E-state index < -0.39 is 0 Å². The predicted octanol–water partition coefficient (Wildman–Crippen LogP) is 4.06. The Labute approximate surface area is 150 Å². The highest BCUT2D eigenvalue weighted by molar-refractivity contribution is 5.85. The van der Waals surface area contributed by atoms with E-state index >= 15 is 0 Å². The SMILES string of the molecule is O=C(C1CCN(Cc2cccc3ccccc23)CC1)N1CCCCC1. The highest BCUT2D eigenvalue weighted by atomic mass is 16.2. The molecule has 0 spiro atoms. The van der Waals surface area contributed by atoms with E-state index in [4.69, 9.17) is 0 Å². The van der Waals surface area contributed by atoms with Crippen LogP contribution in [0, 0.1) is 5.92 Å². The first-order chi connectivity index (χ1) is 12.3. The number of carbonyl (C=O) groups is 1. The molecule has 1 amide bonds. The maximum absolute atomic E-state index is 12.7. The van der Waals surface area contributed by atoms with Gasteiger partial charge >= 0.3 is 0 Å². The summed E-state index contributed by atoms with van der Waals surface area (Å²) in [7, 11) is 0. The van der Waals surface area contributed by atoms with Gasteiger partial charge in [-0.2, -0.15) is 0 Å². The van der Waals surface area contributed by atoms with E-state index in [0.29, 0.717) is 5.91 Å². The van der Waals surface area contributed by atoms with Crippen molar-refractivity contribution in [2.24, 2.45) is 5.92 Å². The number of benzene rings is 2. The van der Waals surface area contributed by atoms with Crippen LogP contribution in [-0.2, 0) is 11.3 Å². The number of hydrogen-bond acceptors (Lipinski definition) is 2. The molecule has 132 valence electrons. The van der Waals surface area contributed by atoms with Crippen molar-refractivity contribution in [2.75, 3.05) is 26.2 Å². The minimum atomic E-state index is 0.252. The predicted molar refractivity (Wildman–Crippen MR) is 102 cm³/mol. The van der Waals surface area contributed by atoms with Crippen molar-refractivity contribution in [1.29, 1.82) is 0 Å². The maximum atomic E-state index is 12.7. The molecule has 2 saturated heterocycles. The van der Waals surface area contributed by atoms with Crippen LogP contribution in [0.5, 0.6) is 0 Å². The smallest absolute Gasteiger partial charge is 0.225 e. The number of hydrogen-bond donors (Lipinski definition) is 0. The van der Waals surface area contributed by atoms with E-state index in [0.717, 1.165) is 45.6 Å². The van der Waals surface area contributed by atoms with Gasteiger partial charge in [0.1, 0.15) is 0 Å². The van der Waals surface area contributed by atoms with Crippen molar-refractivity contribution in [3.63, 3.8) is 0 Å². The van der Waals surface area contributed by atoms with Crippen LogP contribution in [0.3, 0.4) is 0 Å². The van der Waals surface area contributed by atoms with E-state index in [1.165, 1.54) is 35.6 Å². The molecule has 0 saturated carbocycles. The molecule has 0 bridgehead atoms. The van der Waals surface area contributed by atoms with E-state index in [-0.39, 0.29) is 5.92 Å². The molecular weight excluding hydrogens is 308 g/mol. The topological polar surface area (TPSA) is 23.6 Å².